The van der Waals surface area contributed by atoms with Crippen LogP contribution in [0.4, 0.5) is 0 Å². The molecule has 3 aliphatic rings. The van der Waals surface area contributed by atoms with Gasteiger partial charge in [-0.1, -0.05) is 57.2 Å². The summed E-state index contributed by atoms with van der Waals surface area (Å²) in [7, 11) is -1.99. The predicted molar refractivity (Wildman–Crippen MR) is 142 cm³/mol. The van der Waals surface area contributed by atoms with Crippen molar-refractivity contribution in [3.05, 3.63) is 59.7 Å². The number of ether oxygens (including phenoxy) is 6. The van der Waals surface area contributed by atoms with Gasteiger partial charge in [0.05, 0.1) is 19.3 Å². The highest BCUT2D eigenvalue weighted by Gasteiger charge is 2.51. The molecule has 0 aromatic heterocycles. The molecule has 0 bridgehead atoms. The Kier molecular flexibility index (Phi) is 7.19. The van der Waals surface area contributed by atoms with E-state index in [2.05, 4.69) is 39.9 Å². The van der Waals surface area contributed by atoms with E-state index in [1.165, 1.54) is 0 Å². The van der Waals surface area contributed by atoms with Gasteiger partial charge in [-0.05, 0) is 49.7 Å². The van der Waals surface area contributed by atoms with Crippen LogP contribution in [0.1, 0.15) is 58.0 Å². The Balaban J connectivity index is 1.45. The van der Waals surface area contributed by atoms with Gasteiger partial charge in [-0.15, -0.1) is 0 Å². The van der Waals surface area contributed by atoms with Crippen molar-refractivity contribution in [3.63, 3.8) is 0 Å². The Morgan fingerprint density at radius 2 is 1.65 bits per heavy atom. The van der Waals surface area contributed by atoms with Crippen molar-refractivity contribution in [1.82, 2.24) is 0 Å². The third kappa shape index (κ3) is 5.60. The van der Waals surface area contributed by atoms with Crippen molar-refractivity contribution < 1.29 is 32.8 Å². The van der Waals surface area contributed by atoms with Crippen LogP contribution in [-0.2, 0) is 23.4 Å². The lowest BCUT2D eigenvalue weighted by Gasteiger charge is -2.41. The standard InChI is InChI=1S/C29H40O7Si/c1-28(2,3)37(6,7)33-17-24-26(36-29(4,5)35-24)25-21(20-13-14-22-23(15-20)32-18-31-22)16-30-27(34-25)19-11-9-8-10-12-19/h8-15,21,24-27H,16-18H2,1-7H3/t21-,24-,25+,26+,27?/m0/s1. The summed E-state index contributed by atoms with van der Waals surface area (Å²) in [5, 5.41) is 0.0973. The topological polar surface area (TPSA) is 64.6 Å². The zero-order valence-electron chi connectivity index (χ0n) is 23.0. The minimum Gasteiger partial charge on any atom is -0.454 e. The lowest BCUT2D eigenvalue weighted by Crippen LogP contribution is -2.49. The molecule has 0 aliphatic carbocycles. The van der Waals surface area contributed by atoms with Crippen LogP contribution >= 0.6 is 0 Å². The number of hydrogen-bond donors (Lipinski definition) is 0. The first-order valence-corrected chi connectivity index (χ1v) is 16.1. The number of benzene rings is 2. The molecule has 0 radical (unpaired) electrons. The van der Waals surface area contributed by atoms with E-state index >= 15 is 0 Å². The fourth-order valence-electron chi connectivity index (χ4n) is 4.86. The summed E-state index contributed by atoms with van der Waals surface area (Å²) < 4.78 is 43.8. The van der Waals surface area contributed by atoms with Gasteiger partial charge >= 0.3 is 0 Å². The molecule has 2 fully saturated rings. The van der Waals surface area contributed by atoms with Gasteiger partial charge in [-0.25, -0.2) is 0 Å². The van der Waals surface area contributed by atoms with E-state index in [4.69, 9.17) is 32.8 Å². The van der Waals surface area contributed by atoms with Crippen LogP contribution in [0.5, 0.6) is 11.5 Å². The van der Waals surface area contributed by atoms with Crippen LogP contribution in [0.2, 0.25) is 18.1 Å². The number of fused-ring (bicyclic) bond motifs is 1. The Bertz CT molecular complexity index is 1080. The monoisotopic (exact) mass is 528 g/mol. The molecule has 1 unspecified atom stereocenters. The number of rotatable bonds is 6. The summed E-state index contributed by atoms with van der Waals surface area (Å²) in [6, 6.07) is 16.1. The Labute approximate surface area is 221 Å². The normalized spacial score (nSPS) is 29.4. The van der Waals surface area contributed by atoms with Crippen LogP contribution in [0.3, 0.4) is 0 Å². The predicted octanol–water partition coefficient (Wildman–Crippen LogP) is 6.16. The van der Waals surface area contributed by atoms with E-state index in [9.17, 15) is 0 Å². The van der Waals surface area contributed by atoms with Gasteiger partial charge < -0.3 is 32.8 Å². The molecule has 3 heterocycles. The SMILES string of the molecule is CC1(C)O[C@@H]([C@@H]2OC(c3ccccc3)OC[C@H]2c2ccc3c(c2)OCO3)[C@H](CO[Si](C)(C)C(C)(C)C)O1. The first-order valence-electron chi connectivity index (χ1n) is 13.1. The van der Waals surface area contributed by atoms with E-state index in [1.807, 2.05) is 56.3 Å². The van der Waals surface area contributed by atoms with Crippen molar-refractivity contribution in [2.24, 2.45) is 0 Å². The van der Waals surface area contributed by atoms with Gasteiger partial charge in [-0.2, -0.15) is 0 Å². The minimum absolute atomic E-state index is 0.0904. The van der Waals surface area contributed by atoms with Crippen LogP contribution < -0.4 is 9.47 Å². The molecular formula is C29H40O7Si. The minimum atomic E-state index is -1.99. The zero-order chi connectivity index (χ0) is 26.4. The Morgan fingerprint density at radius 1 is 0.919 bits per heavy atom. The van der Waals surface area contributed by atoms with Crippen LogP contribution in [0, 0.1) is 0 Å². The molecule has 0 saturated carbocycles. The van der Waals surface area contributed by atoms with Crippen LogP contribution in [0.15, 0.2) is 48.5 Å². The summed E-state index contributed by atoms with van der Waals surface area (Å²) >= 11 is 0. The van der Waals surface area contributed by atoms with Gasteiger partial charge in [-0.3, -0.25) is 0 Å². The highest BCUT2D eigenvalue weighted by Crippen LogP contribution is 2.45. The quantitative estimate of drug-likeness (QED) is 0.416. The lowest BCUT2D eigenvalue weighted by atomic mass is 9.87. The van der Waals surface area contributed by atoms with Gasteiger partial charge in [0.25, 0.3) is 0 Å². The van der Waals surface area contributed by atoms with Crippen LogP contribution in [0.25, 0.3) is 0 Å². The molecule has 5 rings (SSSR count). The summed E-state index contributed by atoms with van der Waals surface area (Å²) in [6.07, 6.45) is -1.44. The molecule has 2 saturated heterocycles. The van der Waals surface area contributed by atoms with E-state index in [1.54, 1.807) is 0 Å². The van der Waals surface area contributed by atoms with E-state index in [0.29, 0.717) is 13.2 Å². The summed E-state index contributed by atoms with van der Waals surface area (Å²) in [4.78, 5) is 0. The third-order valence-electron chi connectivity index (χ3n) is 7.96. The Morgan fingerprint density at radius 3 is 2.38 bits per heavy atom. The second kappa shape index (κ2) is 9.98. The van der Waals surface area contributed by atoms with Crippen molar-refractivity contribution in [3.8, 4) is 11.5 Å². The molecule has 7 nitrogen and oxygen atoms in total. The van der Waals surface area contributed by atoms with Crippen molar-refractivity contribution in [2.45, 2.75) is 89.1 Å². The third-order valence-corrected chi connectivity index (χ3v) is 12.5. The highest BCUT2D eigenvalue weighted by molar-refractivity contribution is 6.74. The molecule has 8 heteroatoms. The maximum Gasteiger partial charge on any atom is 0.231 e. The van der Waals surface area contributed by atoms with Gasteiger partial charge in [0.2, 0.25) is 6.79 Å². The second-order valence-electron chi connectivity index (χ2n) is 12.1. The second-order valence-corrected chi connectivity index (χ2v) is 16.9. The molecule has 5 atom stereocenters. The summed E-state index contributed by atoms with van der Waals surface area (Å²) in [5.74, 6) is 0.646. The van der Waals surface area contributed by atoms with E-state index < -0.39 is 20.4 Å². The smallest absolute Gasteiger partial charge is 0.231 e. The van der Waals surface area contributed by atoms with Crippen LogP contribution in [-0.4, -0.2) is 52.4 Å². The molecule has 2 aromatic rings. The molecule has 0 spiro atoms. The summed E-state index contributed by atoms with van der Waals surface area (Å²) in [5.41, 5.74) is 2.03. The van der Waals surface area contributed by atoms with Gasteiger partial charge in [0.1, 0.15) is 12.2 Å². The van der Waals surface area contributed by atoms with Crippen molar-refractivity contribution >= 4 is 8.32 Å². The average molecular weight is 529 g/mol. The molecule has 2 aromatic carbocycles. The lowest BCUT2D eigenvalue weighted by molar-refractivity contribution is -0.256. The van der Waals surface area contributed by atoms with E-state index in [-0.39, 0.29) is 36.1 Å². The number of hydrogen-bond acceptors (Lipinski definition) is 7. The fraction of sp³-hybridized carbons (Fsp3) is 0.586. The van der Waals surface area contributed by atoms with Gasteiger partial charge in [0, 0.05) is 11.5 Å². The first kappa shape index (κ1) is 26.7. The Hall–Kier alpha value is -1.94. The highest BCUT2D eigenvalue weighted by atomic mass is 28.4. The molecule has 3 aliphatic heterocycles. The van der Waals surface area contributed by atoms with E-state index in [0.717, 1.165) is 22.6 Å². The molecule has 37 heavy (non-hydrogen) atoms. The zero-order valence-corrected chi connectivity index (χ0v) is 24.0. The largest absolute Gasteiger partial charge is 0.454 e. The average Bonchev–Trinajstić information content (AvgIpc) is 3.45. The molecular weight excluding hydrogens is 488 g/mol. The van der Waals surface area contributed by atoms with Gasteiger partial charge in [0.15, 0.2) is 31.9 Å². The maximum absolute atomic E-state index is 6.72. The molecule has 0 amide bonds. The van der Waals surface area contributed by atoms with Crippen molar-refractivity contribution in [1.29, 1.82) is 0 Å². The van der Waals surface area contributed by atoms with Crippen molar-refractivity contribution in [2.75, 3.05) is 20.0 Å². The first-order chi connectivity index (χ1) is 17.4. The molecule has 0 N–H and O–H groups in total. The fourth-order valence-corrected chi connectivity index (χ4v) is 5.88. The summed E-state index contributed by atoms with van der Waals surface area (Å²) in [6.45, 7) is 16.3. The molecule has 202 valence electrons. The maximum atomic E-state index is 6.72.